The Morgan fingerprint density at radius 2 is 2.32 bits per heavy atom. The summed E-state index contributed by atoms with van der Waals surface area (Å²) in [6, 6.07) is -0.107. The molecule has 108 valence electrons. The predicted molar refractivity (Wildman–Crippen MR) is 70.3 cm³/mol. The standard InChI is InChI=1S/C11H20N4O3S/c1-8-10(6-12-2)11(14-13-8)19(16,17)15(3)9-4-5-18-7-9/h9,12H,4-7H2,1-3H3,(H,13,14). The van der Waals surface area contributed by atoms with E-state index in [2.05, 4.69) is 15.5 Å². The normalized spacial score (nSPS) is 20.3. The number of H-pyrrole nitrogens is 1. The van der Waals surface area contributed by atoms with Crippen molar-refractivity contribution in [2.24, 2.45) is 0 Å². The summed E-state index contributed by atoms with van der Waals surface area (Å²) in [6.07, 6.45) is 0.723. The molecule has 0 spiro atoms. The molecule has 1 fully saturated rings. The molecule has 1 unspecified atom stereocenters. The highest BCUT2D eigenvalue weighted by Crippen LogP contribution is 2.23. The number of hydrogen-bond acceptors (Lipinski definition) is 5. The molecule has 1 atom stereocenters. The number of aromatic nitrogens is 2. The molecule has 1 aromatic rings. The van der Waals surface area contributed by atoms with Crippen molar-refractivity contribution in [3.8, 4) is 0 Å². The van der Waals surface area contributed by atoms with Gasteiger partial charge in [-0.1, -0.05) is 0 Å². The SMILES string of the molecule is CNCc1c(S(=O)(=O)N(C)C2CCOC2)n[nH]c1C. The lowest BCUT2D eigenvalue weighted by Gasteiger charge is -2.21. The molecule has 1 aliphatic heterocycles. The van der Waals surface area contributed by atoms with Crippen molar-refractivity contribution in [1.82, 2.24) is 19.8 Å². The maximum absolute atomic E-state index is 12.6. The number of nitrogens with zero attached hydrogens (tertiary/aromatic N) is 2. The quantitative estimate of drug-likeness (QED) is 0.786. The van der Waals surface area contributed by atoms with E-state index in [4.69, 9.17) is 4.74 Å². The van der Waals surface area contributed by atoms with Crippen LogP contribution in [0.4, 0.5) is 0 Å². The first kappa shape index (κ1) is 14.4. The van der Waals surface area contributed by atoms with Gasteiger partial charge in [0.25, 0.3) is 10.0 Å². The molecule has 0 aromatic carbocycles. The maximum atomic E-state index is 12.6. The molecular formula is C11H20N4O3S. The van der Waals surface area contributed by atoms with E-state index in [9.17, 15) is 8.42 Å². The average Bonchev–Trinajstić information content (AvgIpc) is 3.00. The molecule has 1 saturated heterocycles. The fraction of sp³-hybridized carbons (Fsp3) is 0.727. The second kappa shape index (κ2) is 5.58. The predicted octanol–water partition coefficient (Wildman–Crippen LogP) is -0.153. The van der Waals surface area contributed by atoms with Crippen LogP contribution >= 0.6 is 0 Å². The average molecular weight is 288 g/mol. The van der Waals surface area contributed by atoms with E-state index in [0.717, 1.165) is 12.1 Å². The van der Waals surface area contributed by atoms with E-state index < -0.39 is 10.0 Å². The van der Waals surface area contributed by atoms with Crippen molar-refractivity contribution in [3.63, 3.8) is 0 Å². The zero-order valence-electron chi connectivity index (χ0n) is 11.4. The molecular weight excluding hydrogens is 268 g/mol. The number of rotatable bonds is 5. The molecule has 2 rings (SSSR count). The van der Waals surface area contributed by atoms with Crippen LogP contribution in [0.25, 0.3) is 0 Å². The summed E-state index contributed by atoms with van der Waals surface area (Å²) in [5.41, 5.74) is 1.46. The van der Waals surface area contributed by atoms with E-state index >= 15 is 0 Å². The van der Waals surface area contributed by atoms with Crippen LogP contribution in [0, 0.1) is 6.92 Å². The molecule has 19 heavy (non-hydrogen) atoms. The van der Waals surface area contributed by atoms with Crippen LogP contribution in [-0.2, 0) is 21.3 Å². The van der Waals surface area contributed by atoms with E-state index in [1.807, 2.05) is 6.92 Å². The van der Waals surface area contributed by atoms with Gasteiger partial charge in [0.1, 0.15) is 0 Å². The third-order valence-corrected chi connectivity index (χ3v) is 5.32. The van der Waals surface area contributed by atoms with Crippen molar-refractivity contribution in [2.75, 3.05) is 27.3 Å². The summed E-state index contributed by atoms with van der Waals surface area (Å²) in [5.74, 6) is 0. The van der Waals surface area contributed by atoms with Crippen LogP contribution in [0.5, 0.6) is 0 Å². The second-order valence-corrected chi connectivity index (χ2v) is 6.61. The molecule has 1 aliphatic rings. The van der Waals surface area contributed by atoms with Gasteiger partial charge < -0.3 is 10.1 Å². The Balaban J connectivity index is 2.33. The Kier molecular flexibility index (Phi) is 4.24. The number of nitrogens with one attached hydrogen (secondary N) is 2. The fourth-order valence-corrected chi connectivity index (χ4v) is 3.70. The first-order valence-corrected chi connectivity index (χ1v) is 7.66. The molecule has 0 aliphatic carbocycles. The van der Waals surface area contributed by atoms with Crippen LogP contribution in [-0.4, -0.2) is 56.3 Å². The molecule has 0 amide bonds. The molecule has 7 nitrogen and oxygen atoms in total. The molecule has 0 radical (unpaired) electrons. The summed E-state index contributed by atoms with van der Waals surface area (Å²) in [7, 11) is -0.223. The highest BCUT2D eigenvalue weighted by atomic mass is 32.2. The van der Waals surface area contributed by atoms with Gasteiger partial charge in [-0.05, 0) is 20.4 Å². The highest BCUT2D eigenvalue weighted by molar-refractivity contribution is 7.89. The van der Waals surface area contributed by atoms with E-state index in [-0.39, 0.29) is 11.1 Å². The van der Waals surface area contributed by atoms with Crippen LogP contribution in [0.15, 0.2) is 5.03 Å². The largest absolute Gasteiger partial charge is 0.380 e. The van der Waals surface area contributed by atoms with Gasteiger partial charge in [-0.25, -0.2) is 8.42 Å². The first-order valence-electron chi connectivity index (χ1n) is 6.22. The molecule has 0 saturated carbocycles. The second-order valence-electron chi connectivity index (χ2n) is 4.70. The van der Waals surface area contributed by atoms with Crippen molar-refractivity contribution >= 4 is 10.0 Å². The van der Waals surface area contributed by atoms with E-state index in [0.29, 0.717) is 25.3 Å². The number of ether oxygens (including phenoxy) is 1. The smallest absolute Gasteiger partial charge is 0.262 e. The lowest BCUT2D eigenvalue weighted by molar-refractivity contribution is 0.180. The van der Waals surface area contributed by atoms with Gasteiger partial charge in [0.15, 0.2) is 5.03 Å². The van der Waals surface area contributed by atoms with Crippen LogP contribution in [0.2, 0.25) is 0 Å². The molecule has 1 aromatic heterocycles. The minimum absolute atomic E-state index is 0.105. The summed E-state index contributed by atoms with van der Waals surface area (Å²) in [6.45, 7) is 3.33. The number of aryl methyl sites for hydroxylation is 1. The lowest BCUT2D eigenvalue weighted by atomic mass is 10.3. The Bertz CT molecular complexity index is 534. The van der Waals surface area contributed by atoms with Gasteiger partial charge in [0.05, 0.1) is 12.6 Å². The van der Waals surface area contributed by atoms with Crippen molar-refractivity contribution in [2.45, 2.75) is 31.0 Å². The zero-order valence-corrected chi connectivity index (χ0v) is 12.2. The monoisotopic (exact) mass is 288 g/mol. The van der Waals surface area contributed by atoms with Crippen LogP contribution < -0.4 is 5.32 Å². The topological polar surface area (TPSA) is 87.3 Å². The number of likely N-dealkylation sites (N-methyl/N-ethyl adjacent to an activating group) is 1. The molecule has 0 bridgehead atoms. The summed E-state index contributed by atoms with van der Waals surface area (Å²) in [5, 5.41) is 9.78. The van der Waals surface area contributed by atoms with E-state index in [1.54, 1.807) is 14.1 Å². The first-order chi connectivity index (χ1) is 8.98. The maximum Gasteiger partial charge on any atom is 0.262 e. The minimum Gasteiger partial charge on any atom is -0.380 e. The third kappa shape index (κ3) is 2.66. The summed E-state index contributed by atoms with van der Waals surface area (Å²) >= 11 is 0. The highest BCUT2D eigenvalue weighted by Gasteiger charge is 2.34. The Hall–Kier alpha value is -0.960. The van der Waals surface area contributed by atoms with Gasteiger partial charge >= 0.3 is 0 Å². The number of sulfonamides is 1. The molecule has 8 heteroatoms. The molecule has 2 N–H and O–H groups in total. The van der Waals surface area contributed by atoms with Gasteiger partial charge in [0.2, 0.25) is 0 Å². The Labute approximate surface area is 113 Å². The van der Waals surface area contributed by atoms with Gasteiger partial charge in [0, 0.05) is 31.5 Å². The minimum atomic E-state index is -3.58. The fourth-order valence-electron chi connectivity index (χ4n) is 2.17. The van der Waals surface area contributed by atoms with Gasteiger partial charge in [-0.15, -0.1) is 0 Å². The van der Waals surface area contributed by atoms with E-state index in [1.165, 1.54) is 4.31 Å². The van der Waals surface area contributed by atoms with Crippen LogP contribution in [0.1, 0.15) is 17.7 Å². The Morgan fingerprint density at radius 3 is 2.89 bits per heavy atom. The van der Waals surface area contributed by atoms with Gasteiger partial charge in [-0.2, -0.15) is 9.40 Å². The molecule has 2 heterocycles. The van der Waals surface area contributed by atoms with Crippen molar-refractivity contribution in [1.29, 1.82) is 0 Å². The third-order valence-electron chi connectivity index (χ3n) is 3.43. The zero-order chi connectivity index (χ0) is 14.0. The number of aromatic amines is 1. The number of hydrogen-bond donors (Lipinski definition) is 2. The summed E-state index contributed by atoms with van der Waals surface area (Å²) < 4.78 is 31.8. The van der Waals surface area contributed by atoms with Crippen LogP contribution in [0.3, 0.4) is 0 Å². The summed E-state index contributed by atoms with van der Waals surface area (Å²) in [4.78, 5) is 0. The van der Waals surface area contributed by atoms with Crippen molar-refractivity contribution in [3.05, 3.63) is 11.3 Å². The van der Waals surface area contributed by atoms with Crippen molar-refractivity contribution < 1.29 is 13.2 Å². The lowest BCUT2D eigenvalue weighted by Crippen LogP contribution is -2.38. The van der Waals surface area contributed by atoms with Gasteiger partial charge in [-0.3, -0.25) is 5.10 Å². The Morgan fingerprint density at radius 1 is 1.58 bits per heavy atom.